The highest BCUT2D eigenvalue weighted by atomic mass is 31.2. The van der Waals surface area contributed by atoms with Crippen LogP contribution in [-0.4, -0.2) is 96.7 Å². The van der Waals surface area contributed by atoms with Crippen LogP contribution in [0.3, 0.4) is 0 Å². The van der Waals surface area contributed by atoms with Crippen molar-refractivity contribution in [3.05, 3.63) is 0 Å². The molecule has 0 amide bonds. The van der Waals surface area contributed by atoms with Crippen molar-refractivity contribution in [2.24, 2.45) is 11.8 Å². The lowest BCUT2D eigenvalue weighted by Gasteiger charge is -2.21. The number of hydrogen-bond donors (Lipinski definition) is 3. The first kappa shape index (κ1) is 104. The number of phosphoric acid groups is 2. The van der Waals surface area contributed by atoms with E-state index in [0.29, 0.717) is 25.7 Å². The Morgan fingerprint density at radius 1 is 0.264 bits per heavy atom. The van der Waals surface area contributed by atoms with E-state index in [1.54, 1.807) is 0 Å². The van der Waals surface area contributed by atoms with Crippen LogP contribution in [0.5, 0.6) is 0 Å². The molecule has 17 nitrogen and oxygen atoms in total. The zero-order valence-electron chi connectivity index (χ0n) is 69.7. The molecule has 19 heteroatoms. The number of carbonyl (C=O) groups excluding carboxylic acids is 4. The molecular weight excluding hydrogens is 1380 g/mol. The van der Waals surface area contributed by atoms with Gasteiger partial charge in [-0.15, -0.1) is 0 Å². The second-order valence-corrected chi connectivity index (χ2v) is 34.7. The molecule has 0 saturated carbocycles. The number of carbonyl (C=O) groups is 4. The van der Waals surface area contributed by atoms with Gasteiger partial charge in [-0.2, -0.15) is 0 Å². The van der Waals surface area contributed by atoms with E-state index in [0.717, 1.165) is 108 Å². The predicted molar refractivity (Wildman–Crippen MR) is 437 cm³/mol. The van der Waals surface area contributed by atoms with Crippen LogP contribution < -0.4 is 0 Å². The number of phosphoric ester groups is 2. The molecule has 630 valence electrons. The van der Waals surface area contributed by atoms with Gasteiger partial charge in [0.1, 0.15) is 19.3 Å². The van der Waals surface area contributed by atoms with E-state index in [1.807, 2.05) is 0 Å². The third kappa shape index (κ3) is 77.4. The lowest BCUT2D eigenvalue weighted by Crippen LogP contribution is -2.30. The maximum Gasteiger partial charge on any atom is 0.472 e. The van der Waals surface area contributed by atoms with E-state index in [4.69, 9.17) is 37.0 Å². The summed E-state index contributed by atoms with van der Waals surface area (Å²) in [5.41, 5.74) is 0. The van der Waals surface area contributed by atoms with Gasteiger partial charge in [0.15, 0.2) is 12.2 Å². The fraction of sp³-hybridized carbons (Fsp3) is 0.954. The molecule has 0 aromatic heterocycles. The van der Waals surface area contributed by atoms with Gasteiger partial charge in [0.05, 0.1) is 26.4 Å². The lowest BCUT2D eigenvalue weighted by molar-refractivity contribution is -0.161. The van der Waals surface area contributed by atoms with Crippen LogP contribution in [0.1, 0.15) is 465 Å². The number of esters is 4. The average molecular weight is 1550 g/mol. The summed E-state index contributed by atoms with van der Waals surface area (Å²) in [6, 6.07) is 0. The molecule has 0 rings (SSSR count). The number of hydrogen-bond acceptors (Lipinski definition) is 15. The molecular formula is C87H170O17P2. The molecule has 0 aromatic rings. The smallest absolute Gasteiger partial charge is 0.462 e. The van der Waals surface area contributed by atoms with E-state index in [-0.39, 0.29) is 25.7 Å². The molecule has 0 aromatic carbocycles. The molecule has 4 unspecified atom stereocenters. The van der Waals surface area contributed by atoms with Crippen LogP contribution in [0, 0.1) is 11.8 Å². The highest BCUT2D eigenvalue weighted by Crippen LogP contribution is 2.45. The summed E-state index contributed by atoms with van der Waals surface area (Å²) in [4.78, 5) is 73.2. The number of unbranched alkanes of at least 4 members (excludes halogenated alkanes) is 54. The minimum Gasteiger partial charge on any atom is -0.462 e. The molecule has 0 saturated heterocycles. The van der Waals surface area contributed by atoms with Crippen molar-refractivity contribution in [2.45, 2.75) is 484 Å². The first-order valence-electron chi connectivity index (χ1n) is 45.1. The zero-order valence-corrected chi connectivity index (χ0v) is 71.5. The van der Waals surface area contributed by atoms with E-state index in [9.17, 15) is 43.2 Å². The molecule has 3 N–H and O–H groups in total. The Balaban J connectivity index is 5.22. The van der Waals surface area contributed by atoms with Crippen LogP contribution in [0.25, 0.3) is 0 Å². The fourth-order valence-corrected chi connectivity index (χ4v) is 15.1. The van der Waals surface area contributed by atoms with Crippen molar-refractivity contribution < 1.29 is 80.2 Å². The summed E-state index contributed by atoms with van der Waals surface area (Å²) in [7, 11) is -9.93. The van der Waals surface area contributed by atoms with Gasteiger partial charge >= 0.3 is 39.5 Å². The van der Waals surface area contributed by atoms with Crippen molar-refractivity contribution in [1.29, 1.82) is 0 Å². The number of rotatable bonds is 86. The van der Waals surface area contributed by atoms with Gasteiger partial charge < -0.3 is 33.8 Å². The molecule has 0 heterocycles. The van der Waals surface area contributed by atoms with Gasteiger partial charge in [0.25, 0.3) is 0 Å². The summed E-state index contributed by atoms with van der Waals surface area (Å²) in [6.45, 7) is 9.70. The minimum absolute atomic E-state index is 0.108. The second-order valence-electron chi connectivity index (χ2n) is 31.8. The third-order valence-corrected chi connectivity index (χ3v) is 23.1. The van der Waals surface area contributed by atoms with Gasteiger partial charge in [-0.1, -0.05) is 414 Å². The standard InChI is InChI=1S/C87H170O17P2/c1-7-11-13-15-17-19-21-23-25-26-27-31-35-38-42-46-50-57-63-69-84(89)97-75-82(103-86(91)71-66-60-52-48-44-40-36-32-29-28-30-34-37-41-45-49-55-61-67-79(5)9-3)77-101-105(93,94)99-73-81(88)74-100-106(95,96)102-78-83(76-98-85(90)70-64-58-54-53-56-62-68-80(6)10-4)104-87(92)72-65-59-51-47-43-39-33-24-22-20-18-16-14-12-8-2/h79-83,88H,7-78H2,1-6H3,(H,93,94)(H,95,96)/t79?,80?,81-,82-,83-/m1/s1. The Bertz CT molecular complexity index is 2030. The third-order valence-electron chi connectivity index (χ3n) is 21.2. The Morgan fingerprint density at radius 2 is 0.453 bits per heavy atom. The van der Waals surface area contributed by atoms with E-state index >= 15 is 0 Å². The van der Waals surface area contributed by atoms with Gasteiger partial charge in [-0.25, -0.2) is 9.13 Å². The summed E-state index contributed by atoms with van der Waals surface area (Å²) in [5, 5.41) is 10.7. The highest BCUT2D eigenvalue weighted by Gasteiger charge is 2.30. The quantitative estimate of drug-likeness (QED) is 0.0222. The monoisotopic (exact) mass is 1550 g/mol. The minimum atomic E-state index is -4.97. The van der Waals surface area contributed by atoms with Gasteiger partial charge in [0.2, 0.25) is 0 Å². The van der Waals surface area contributed by atoms with Gasteiger partial charge in [-0.05, 0) is 37.5 Å². The Labute approximate surface area is 651 Å². The molecule has 0 bridgehead atoms. The molecule has 0 fully saturated rings. The van der Waals surface area contributed by atoms with Crippen molar-refractivity contribution in [1.82, 2.24) is 0 Å². The number of aliphatic hydroxyl groups excluding tert-OH is 1. The lowest BCUT2D eigenvalue weighted by atomic mass is 9.99. The van der Waals surface area contributed by atoms with Crippen LogP contribution in [0.4, 0.5) is 0 Å². The van der Waals surface area contributed by atoms with Crippen molar-refractivity contribution in [2.75, 3.05) is 39.6 Å². The fourth-order valence-electron chi connectivity index (χ4n) is 13.5. The summed E-state index contributed by atoms with van der Waals surface area (Å²) in [5.74, 6) is -0.500. The Hall–Kier alpha value is -1.94. The van der Waals surface area contributed by atoms with Crippen molar-refractivity contribution >= 4 is 39.5 Å². The summed E-state index contributed by atoms with van der Waals surface area (Å²) < 4.78 is 68.9. The predicted octanol–water partition coefficient (Wildman–Crippen LogP) is 26.6. The first-order valence-corrected chi connectivity index (χ1v) is 48.1. The molecule has 0 radical (unpaired) electrons. The number of ether oxygens (including phenoxy) is 4. The van der Waals surface area contributed by atoms with Crippen molar-refractivity contribution in [3.63, 3.8) is 0 Å². The van der Waals surface area contributed by atoms with Crippen LogP contribution in [-0.2, 0) is 65.4 Å². The molecule has 0 spiro atoms. The molecule has 0 aliphatic heterocycles. The van der Waals surface area contributed by atoms with E-state index < -0.39 is 97.5 Å². The Morgan fingerprint density at radius 3 is 0.670 bits per heavy atom. The molecule has 7 atom stereocenters. The van der Waals surface area contributed by atoms with E-state index in [1.165, 1.54) is 276 Å². The second kappa shape index (κ2) is 78.3. The first-order chi connectivity index (χ1) is 51.4. The van der Waals surface area contributed by atoms with E-state index in [2.05, 4.69) is 41.5 Å². The van der Waals surface area contributed by atoms with Crippen LogP contribution in [0.2, 0.25) is 0 Å². The summed E-state index contributed by atoms with van der Waals surface area (Å²) >= 11 is 0. The number of aliphatic hydroxyl groups is 1. The normalized spacial score (nSPS) is 14.3. The molecule has 106 heavy (non-hydrogen) atoms. The zero-order chi connectivity index (χ0) is 77.8. The van der Waals surface area contributed by atoms with Gasteiger partial charge in [-0.3, -0.25) is 37.3 Å². The maximum atomic E-state index is 13.2. The van der Waals surface area contributed by atoms with Crippen molar-refractivity contribution in [3.8, 4) is 0 Å². The highest BCUT2D eigenvalue weighted by molar-refractivity contribution is 7.47. The van der Waals surface area contributed by atoms with Gasteiger partial charge in [0, 0.05) is 25.7 Å². The summed E-state index contributed by atoms with van der Waals surface area (Å²) in [6.07, 6.45) is 70.9. The topological polar surface area (TPSA) is 237 Å². The molecule has 0 aliphatic carbocycles. The average Bonchev–Trinajstić information content (AvgIpc) is 0.903. The SMILES string of the molecule is CCCCCCCCCCCCCCCCCCCCCC(=O)OC[C@H](COP(=O)(O)OC[C@@H](O)COP(=O)(O)OC[C@@H](COC(=O)CCCCCCCCC(C)CC)OC(=O)CCCCCCCCCCCCCCCCC)OC(=O)CCCCCCCCCCCCCCCCCCCCC(C)CC. The largest absolute Gasteiger partial charge is 0.472 e. The van der Waals surface area contributed by atoms with Crippen LogP contribution >= 0.6 is 15.6 Å². The molecule has 0 aliphatic rings. The maximum absolute atomic E-state index is 13.2. The van der Waals surface area contributed by atoms with Crippen LogP contribution in [0.15, 0.2) is 0 Å². The Kier molecular flexibility index (Phi) is 76.9.